The third-order valence-electron chi connectivity index (χ3n) is 5.70. The summed E-state index contributed by atoms with van der Waals surface area (Å²) in [4.78, 5) is 28.6. The van der Waals surface area contributed by atoms with E-state index >= 15 is 0 Å². The lowest BCUT2D eigenvalue weighted by atomic mass is 9.80. The van der Waals surface area contributed by atoms with E-state index in [1.165, 1.54) is 25.1 Å². The maximum absolute atomic E-state index is 12.4. The van der Waals surface area contributed by atoms with Gasteiger partial charge < -0.3 is 19.1 Å². The van der Waals surface area contributed by atoms with Gasteiger partial charge in [0.05, 0.1) is 25.1 Å². The maximum atomic E-state index is 12.4. The molecule has 1 unspecified atom stereocenters. The molecule has 154 valence electrons. The van der Waals surface area contributed by atoms with Crippen LogP contribution in [0.1, 0.15) is 55.6 Å². The molecule has 3 heterocycles. The molecule has 4 rings (SSSR count). The average Bonchev–Trinajstić information content (AvgIpc) is 3.47. The normalized spacial score (nSPS) is 18.0. The van der Waals surface area contributed by atoms with Crippen LogP contribution in [0, 0.1) is 11.3 Å². The van der Waals surface area contributed by atoms with Crippen LogP contribution in [0.15, 0.2) is 23.1 Å². The Morgan fingerprint density at radius 2 is 2.03 bits per heavy atom. The molecule has 0 spiro atoms. The van der Waals surface area contributed by atoms with Crippen LogP contribution in [-0.4, -0.2) is 34.3 Å². The van der Waals surface area contributed by atoms with Gasteiger partial charge in [-0.2, -0.15) is 0 Å². The highest BCUT2D eigenvalue weighted by atomic mass is 16.5. The summed E-state index contributed by atoms with van der Waals surface area (Å²) >= 11 is 0. The Hall–Kier alpha value is -2.83. The number of fused-ring (bicyclic) bond motifs is 3. The van der Waals surface area contributed by atoms with Gasteiger partial charge in [-0.3, -0.25) is 4.79 Å². The van der Waals surface area contributed by atoms with E-state index in [0.717, 1.165) is 5.56 Å². The van der Waals surface area contributed by atoms with Crippen LogP contribution in [-0.2, 0) is 6.42 Å². The summed E-state index contributed by atoms with van der Waals surface area (Å²) in [6.45, 7) is 6.96. The highest BCUT2D eigenvalue weighted by Gasteiger charge is 2.35. The zero-order chi connectivity index (χ0) is 20.9. The standard InChI is InChI=1S/C22H26N2O5/c1-22(2,3)18-8-13-7-17(29-11-12-5-6-12)20(28-4)23-19(13)15-9-16(25)14(21(26)27)10-24(15)18/h7,9-10,12,18H,5-6,8,11H2,1-4H3,(H,26,27). The van der Waals surface area contributed by atoms with Gasteiger partial charge in [-0.05, 0) is 42.2 Å². The summed E-state index contributed by atoms with van der Waals surface area (Å²) in [6, 6.07) is 3.30. The van der Waals surface area contributed by atoms with Crippen molar-refractivity contribution in [1.82, 2.24) is 9.55 Å². The lowest BCUT2D eigenvalue weighted by Crippen LogP contribution is -2.33. The third-order valence-corrected chi connectivity index (χ3v) is 5.70. The van der Waals surface area contributed by atoms with E-state index in [9.17, 15) is 14.7 Å². The van der Waals surface area contributed by atoms with Gasteiger partial charge in [0.15, 0.2) is 11.2 Å². The number of carboxylic acids is 1. The first-order valence-corrected chi connectivity index (χ1v) is 9.89. The first-order valence-electron chi connectivity index (χ1n) is 9.89. The lowest BCUT2D eigenvalue weighted by Gasteiger charge is -2.38. The topological polar surface area (TPSA) is 90.7 Å². The van der Waals surface area contributed by atoms with Crippen LogP contribution >= 0.6 is 0 Å². The molecule has 2 aromatic rings. The van der Waals surface area contributed by atoms with Crippen molar-refractivity contribution in [2.75, 3.05) is 13.7 Å². The largest absolute Gasteiger partial charge is 0.488 e. The number of rotatable bonds is 5. The zero-order valence-corrected chi connectivity index (χ0v) is 17.2. The molecule has 2 aliphatic rings. The van der Waals surface area contributed by atoms with Gasteiger partial charge in [0.2, 0.25) is 0 Å². The summed E-state index contributed by atoms with van der Waals surface area (Å²) in [5.41, 5.74) is 1.29. The fourth-order valence-electron chi connectivity index (χ4n) is 3.82. The quantitative estimate of drug-likeness (QED) is 0.828. The van der Waals surface area contributed by atoms with Crippen LogP contribution < -0.4 is 14.9 Å². The average molecular weight is 398 g/mol. The maximum Gasteiger partial charge on any atom is 0.341 e. The molecule has 2 aromatic heterocycles. The van der Waals surface area contributed by atoms with Gasteiger partial charge in [-0.1, -0.05) is 20.8 Å². The number of aromatic carboxylic acids is 1. The van der Waals surface area contributed by atoms with E-state index in [0.29, 0.717) is 42.0 Å². The van der Waals surface area contributed by atoms with Crippen LogP contribution in [0.3, 0.4) is 0 Å². The Bertz CT molecular complexity index is 1030. The first-order chi connectivity index (χ1) is 13.7. The Kier molecular flexibility index (Phi) is 4.63. The lowest BCUT2D eigenvalue weighted by molar-refractivity contribution is 0.0693. The molecule has 0 bridgehead atoms. The van der Waals surface area contributed by atoms with Gasteiger partial charge in [0.1, 0.15) is 5.56 Å². The monoisotopic (exact) mass is 398 g/mol. The highest BCUT2D eigenvalue weighted by molar-refractivity contribution is 5.87. The minimum Gasteiger partial charge on any atom is -0.488 e. The zero-order valence-electron chi connectivity index (χ0n) is 17.2. The van der Waals surface area contributed by atoms with Crippen molar-refractivity contribution < 1.29 is 19.4 Å². The second kappa shape index (κ2) is 6.90. The van der Waals surface area contributed by atoms with E-state index < -0.39 is 11.4 Å². The molecule has 1 aliphatic carbocycles. The molecule has 1 fully saturated rings. The predicted molar refractivity (Wildman–Crippen MR) is 108 cm³/mol. The number of hydrogen-bond donors (Lipinski definition) is 1. The highest BCUT2D eigenvalue weighted by Crippen LogP contribution is 2.44. The van der Waals surface area contributed by atoms with Crippen LogP contribution in [0.2, 0.25) is 0 Å². The summed E-state index contributed by atoms with van der Waals surface area (Å²) in [5.74, 6) is 0.369. The molecule has 1 saturated carbocycles. The van der Waals surface area contributed by atoms with Crippen molar-refractivity contribution in [3.8, 4) is 23.0 Å². The molecule has 1 aliphatic heterocycles. The second-order valence-corrected chi connectivity index (χ2v) is 8.99. The third kappa shape index (κ3) is 3.61. The van der Waals surface area contributed by atoms with Crippen molar-refractivity contribution in [2.45, 2.75) is 46.1 Å². The molecule has 1 atom stereocenters. The summed E-state index contributed by atoms with van der Waals surface area (Å²) in [7, 11) is 1.54. The number of carbonyl (C=O) groups is 1. The van der Waals surface area contributed by atoms with Crippen LogP contribution in [0.4, 0.5) is 0 Å². The number of pyridine rings is 2. The number of methoxy groups -OCH3 is 1. The van der Waals surface area contributed by atoms with Gasteiger partial charge in [-0.15, -0.1) is 0 Å². The van der Waals surface area contributed by atoms with Crippen molar-refractivity contribution in [2.24, 2.45) is 11.3 Å². The number of nitrogens with zero attached hydrogens (tertiary/aromatic N) is 2. The fraction of sp³-hybridized carbons (Fsp3) is 0.500. The van der Waals surface area contributed by atoms with Gasteiger partial charge >= 0.3 is 5.97 Å². The van der Waals surface area contributed by atoms with Crippen LogP contribution in [0.25, 0.3) is 11.4 Å². The molecule has 7 nitrogen and oxygen atoms in total. The summed E-state index contributed by atoms with van der Waals surface area (Å²) in [5, 5.41) is 9.41. The number of aromatic nitrogens is 2. The van der Waals surface area contributed by atoms with Gasteiger partial charge in [0.25, 0.3) is 5.88 Å². The first kappa shape index (κ1) is 19.5. The Morgan fingerprint density at radius 1 is 1.31 bits per heavy atom. The molecule has 0 saturated heterocycles. The van der Waals surface area contributed by atoms with Crippen LogP contribution in [0.5, 0.6) is 11.6 Å². The Morgan fingerprint density at radius 3 is 2.62 bits per heavy atom. The molecule has 0 radical (unpaired) electrons. The SMILES string of the molecule is COc1nc2c(cc1OCC1CC1)CC(C(C)(C)C)n1cc(C(=O)O)c(=O)cc1-2. The molecule has 0 amide bonds. The van der Waals surface area contributed by atoms with Gasteiger partial charge in [0, 0.05) is 18.3 Å². The van der Waals surface area contributed by atoms with E-state index in [4.69, 9.17) is 9.47 Å². The Labute approximate surface area is 169 Å². The summed E-state index contributed by atoms with van der Waals surface area (Å²) in [6.07, 6.45) is 4.49. The van der Waals surface area contributed by atoms with E-state index in [1.807, 2.05) is 10.6 Å². The molecule has 7 heteroatoms. The molecular formula is C22H26N2O5. The summed E-state index contributed by atoms with van der Waals surface area (Å²) < 4.78 is 13.3. The predicted octanol–water partition coefficient (Wildman–Crippen LogP) is 3.55. The van der Waals surface area contributed by atoms with Crippen molar-refractivity contribution in [1.29, 1.82) is 0 Å². The van der Waals surface area contributed by atoms with Crippen molar-refractivity contribution in [3.63, 3.8) is 0 Å². The molecule has 29 heavy (non-hydrogen) atoms. The second-order valence-electron chi connectivity index (χ2n) is 8.99. The number of ether oxygens (including phenoxy) is 2. The number of hydrogen-bond acceptors (Lipinski definition) is 5. The van der Waals surface area contributed by atoms with E-state index in [2.05, 4.69) is 25.8 Å². The minimum atomic E-state index is -1.22. The van der Waals surface area contributed by atoms with Gasteiger partial charge in [-0.25, -0.2) is 9.78 Å². The smallest absolute Gasteiger partial charge is 0.341 e. The minimum absolute atomic E-state index is 0.0322. The fourth-order valence-corrected chi connectivity index (χ4v) is 3.82. The molecular weight excluding hydrogens is 372 g/mol. The van der Waals surface area contributed by atoms with E-state index in [1.54, 1.807) is 7.11 Å². The molecule has 1 N–H and O–H groups in total. The number of carboxylic acid groups (broad SMARTS) is 1. The van der Waals surface area contributed by atoms with Crippen molar-refractivity contribution in [3.05, 3.63) is 39.7 Å². The van der Waals surface area contributed by atoms with Crippen molar-refractivity contribution >= 4 is 5.97 Å². The van der Waals surface area contributed by atoms with E-state index in [-0.39, 0.29) is 17.0 Å². The Balaban J connectivity index is 1.88. The molecule has 0 aromatic carbocycles.